The summed E-state index contributed by atoms with van der Waals surface area (Å²) in [5.74, 6) is 0.0996. The number of carbonyl (C=O) groups is 1. The summed E-state index contributed by atoms with van der Waals surface area (Å²) in [6.45, 7) is 1.55. The van der Waals surface area contributed by atoms with Gasteiger partial charge in [0.15, 0.2) is 5.78 Å². The van der Waals surface area contributed by atoms with Crippen LogP contribution in [0.5, 0.6) is 0 Å². The van der Waals surface area contributed by atoms with E-state index in [0.29, 0.717) is 18.7 Å². The molecule has 1 aromatic heterocycles. The number of aromatic nitrogens is 2. The van der Waals surface area contributed by atoms with Gasteiger partial charge >= 0.3 is 0 Å². The van der Waals surface area contributed by atoms with Crippen molar-refractivity contribution in [1.82, 2.24) is 14.7 Å². The highest BCUT2D eigenvalue weighted by Gasteiger charge is 2.32. The predicted octanol–water partition coefficient (Wildman–Crippen LogP) is 2.44. The first kappa shape index (κ1) is 16.6. The zero-order valence-electron chi connectivity index (χ0n) is 12.9. The van der Waals surface area contributed by atoms with Crippen molar-refractivity contribution in [3.63, 3.8) is 0 Å². The van der Waals surface area contributed by atoms with Crippen molar-refractivity contribution in [3.8, 4) is 0 Å². The second-order valence-corrected chi connectivity index (χ2v) is 7.24. The van der Waals surface area contributed by atoms with E-state index in [4.69, 9.17) is 5.73 Å². The average Bonchev–Trinajstić information content (AvgIpc) is 2.78. The SMILES string of the molecule is CN(C)CCn1ncc(Br)c1C(=O)CC1(N)CCCCC1. The van der Waals surface area contributed by atoms with Crippen LogP contribution in [0.3, 0.4) is 0 Å². The van der Waals surface area contributed by atoms with Gasteiger partial charge in [-0.1, -0.05) is 19.3 Å². The number of likely N-dealkylation sites (N-methyl/N-ethyl adjacent to an activating group) is 1. The van der Waals surface area contributed by atoms with E-state index in [9.17, 15) is 4.79 Å². The molecule has 21 heavy (non-hydrogen) atoms. The molecular formula is C15H25BrN4O. The minimum atomic E-state index is -0.328. The van der Waals surface area contributed by atoms with Crippen LogP contribution < -0.4 is 5.73 Å². The highest BCUT2D eigenvalue weighted by molar-refractivity contribution is 9.10. The van der Waals surface area contributed by atoms with Gasteiger partial charge < -0.3 is 10.6 Å². The number of halogens is 1. The van der Waals surface area contributed by atoms with Crippen molar-refractivity contribution in [2.75, 3.05) is 20.6 Å². The molecule has 0 saturated heterocycles. The number of nitrogens with two attached hydrogens (primary N) is 1. The van der Waals surface area contributed by atoms with Crippen LogP contribution in [0.25, 0.3) is 0 Å². The van der Waals surface area contributed by atoms with Crippen molar-refractivity contribution >= 4 is 21.7 Å². The summed E-state index contributed by atoms with van der Waals surface area (Å²) in [6.07, 6.45) is 7.50. The van der Waals surface area contributed by atoms with Gasteiger partial charge in [-0.15, -0.1) is 0 Å². The number of nitrogens with zero attached hydrogens (tertiary/aromatic N) is 3. The van der Waals surface area contributed by atoms with Crippen LogP contribution in [0.1, 0.15) is 49.0 Å². The molecule has 1 aromatic rings. The van der Waals surface area contributed by atoms with Crippen molar-refractivity contribution < 1.29 is 4.79 Å². The van der Waals surface area contributed by atoms with Gasteiger partial charge in [-0.2, -0.15) is 5.10 Å². The molecule has 0 spiro atoms. The molecular weight excluding hydrogens is 332 g/mol. The molecule has 1 aliphatic carbocycles. The lowest BCUT2D eigenvalue weighted by atomic mass is 9.79. The van der Waals surface area contributed by atoms with Crippen molar-refractivity contribution in [3.05, 3.63) is 16.4 Å². The fourth-order valence-corrected chi connectivity index (χ4v) is 3.46. The minimum absolute atomic E-state index is 0.0996. The Kier molecular flexibility index (Phi) is 5.57. The van der Waals surface area contributed by atoms with E-state index in [0.717, 1.165) is 36.7 Å². The van der Waals surface area contributed by atoms with Crippen LogP contribution in [0.2, 0.25) is 0 Å². The Morgan fingerprint density at radius 1 is 1.43 bits per heavy atom. The molecule has 0 amide bonds. The monoisotopic (exact) mass is 356 g/mol. The summed E-state index contributed by atoms with van der Waals surface area (Å²) in [6, 6.07) is 0. The topological polar surface area (TPSA) is 64.2 Å². The van der Waals surface area contributed by atoms with Crippen LogP contribution in [-0.2, 0) is 6.54 Å². The lowest BCUT2D eigenvalue weighted by molar-refractivity contribution is 0.0922. The number of hydrogen-bond acceptors (Lipinski definition) is 4. The summed E-state index contributed by atoms with van der Waals surface area (Å²) >= 11 is 3.45. The van der Waals surface area contributed by atoms with Gasteiger partial charge in [0, 0.05) is 18.5 Å². The molecule has 1 heterocycles. The van der Waals surface area contributed by atoms with E-state index < -0.39 is 0 Å². The lowest BCUT2D eigenvalue weighted by Crippen LogP contribution is -2.43. The maximum Gasteiger partial charge on any atom is 0.183 e. The molecule has 0 bridgehead atoms. The van der Waals surface area contributed by atoms with E-state index in [-0.39, 0.29) is 11.3 Å². The number of ketones is 1. The quantitative estimate of drug-likeness (QED) is 0.795. The van der Waals surface area contributed by atoms with Crippen LogP contribution in [0, 0.1) is 0 Å². The van der Waals surface area contributed by atoms with Gasteiger partial charge in [-0.25, -0.2) is 0 Å². The fraction of sp³-hybridized carbons (Fsp3) is 0.733. The molecule has 2 N–H and O–H groups in total. The third-order valence-corrected chi connectivity index (χ3v) is 4.76. The number of hydrogen-bond donors (Lipinski definition) is 1. The Bertz CT molecular complexity index is 492. The molecule has 2 rings (SSSR count). The van der Waals surface area contributed by atoms with Crippen LogP contribution in [0.15, 0.2) is 10.7 Å². The van der Waals surface area contributed by atoms with E-state index in [1.54, 1.807) is 10.9 Å². The first-order valence-electron chi connectivity index (χ1n) is 7.59. The van der Waals surface area contributed by atoms with E-state index in [1.165, 1.54) is 6.42 Å². The van der Waals surface area contributed by atoms with Gasteiger partial charge in [0.05, 0.1) is 17.2 Å². The van der Waals surface area contributed by atoms with Gasteiger partial charge in [-0.05, 0) is 42.9 Å². The van der Waals surface area contributed by atoms with Gasteiger partial charge in [-0.3, -0.25) is 9.48 Å². The molecule has 118 valence electrons. The van der Waals surface area contributed by atoms with E-state index >= 15 is 0 Å². The Morgan fingerprint density at radius 3 is 2.71 bits per heavy atom. The van der Waals surface area contributed by atoms with Crippen LogP contribution in [0.4, 0.5) is 0 Å². The second-order valence-electron chi connectivity index (χ2n) is 6.39. The molecule has 0 radical (unpaired) electrons. The zero-order chi connectivity index (χ0) is 15.5. The molecule has 0 atom stereocenters. The molecule has 0 unspecified atom stereocenters. The molecule has 1 aliphatic rings. The first-order valence-corrected chi connectivity index (χ1v) is 8.39. The standard InChI is InChI=1S/C15H25BrN4O/c1-19(2)8-9-20-14(12(16)11-18-20)13(21)10-15(17)6-4-3-5-7-15/h11H,3-10,17H2,1-2H3. The maximum atomic E-state index is 12.7. The predicted molar refractivity (Wildman–Crippen MR) is 87.4 cm³/mol. The van der Waals surface area contributed by atoms with Crippen molar-refractivity contribution in [2.24, 2.45) is 5.73 Å². The smallest absolute Gasteiger partial charge is 0.183 e. The third kappa shape index (κ3) is 4.37. The first-order chi connectivity index (χ1) is 9.91. The molecule has 1 fully saturated rings. The van der Waals surface area contributed by atoms with Gasteiger partial charge in [0.25, 0.3) is 0 Å². The van der Waals surface area contributed by atoms with Gasteiger partial charge in [0.1, 0.15) is 5.69 Å². The second kappa shape index (κ2) is 7.03. The fourth-order valence-electron chi connectivity index (χ4n) is 2.94. The molecule has 6 heteroatoms. The lowest BCUT2D eigenvalue weighted by Gasteiger charge is -2.32. The van der Waals surface area contributed by atoms with Crippen molar-refractivity contribution in [1.29, 1.82) is 0 Å². The summed E-state index contributed by atoms with van der Waals surface area (Å²) in [7, 11) is 4.02. The third-order valence-electron chi connectivity index (χ3n) is 4.18. The van der Waals surface area contributed by atoms with E-state index in [2.05, 4.69) is 25.9 Å². The number of carbonyl (C=O) groups excluding carboxylic acids is 1. The highest BCUT2D eigenvalue weighted by Crippen LogP contribution is 2.30. The normalized spacial score (nSPS) is 18.1. The highest BCUT2D eigenvalue weighted by atomic mass is 79.9. The number of Topliss-reactive ketones (excluding diaryl/α,β-unsaturated/α-hetero) is 1. The summed E-state index contributed by atoms with van der Waals surface area (Å²) < 4.78 is 2.56. The molecule has 0 aliphatic heterocycles. The Hall–Kier alpha value is -0.720. The minimum Gasteiger partial charge on any atom is -0.325 e. The van der Waals surface area contributed by atoms with Crippen molar-refractivity contribution in [2.45, 2.75) is 50.6 Å². The maximum absolute atomic E-state index is 12.7. The Morgan fingerprint density at radius 2 is 2.10 bits per heavy atom. The molecule has 1 saturated carbocycles. The van der Waals surface area contributed by atoms with Crippen LogP contribution in [-0.4, -0.2) is 46.6 Å². The van der Waals surface area contributed by atoms with E-state index in [1.807, 2.05) is 14.1 Å². The summed E-state index contributed by atoms with van der Waals surface area (Å²) in [5.41, 5.74) is 6.75. The molecule has 5 nitrogen and oxygen atoms in total. The summed E-state index contributed by atoms with van der Waals surface area (Å²) in [4.78, 5) is 14.8. The Labute approximate surface area is 135 Å². The van der Waals surface area contributed by atoms with Gasteiger partial charge in [0.2, 0.25) is 0 Å². The number of rotatable bonds is 6. The Balaban J connectivity index is 2.09. The largest absolute Gasteiger partial charge is 0.325 e. The average molecular weight is 357 g/mol. The van der Waals surface area contributed by atoms with Crippen LogP contribution >= 0.6 is 15.9 Å². The summed E-state index contributed by atoms with van der Waals surface area (Å²) in [5, 5.41) is 4.31. The zero-order valence-corrected chi connectivity index (χ0v) is 14.5. The molecule has 0 aromatic carbocycles.